The summed E-state index contributed by atoms with van der Waals surface area (Å²) in [4.78, 5) is 20.5. The molecular weight excluding hydrogens is 132 g/mol. The van der Waals surface area contributed by atoms with E-state index in [0.717, 1.165) is 6.42 Å². The number of rotatable bonds is 5. The average molecular weight is 144 g/mol. The third kappa shape index (κ3) is 3.35. The third-order valence-corrected chi connectivity index (χ3v) is 1.19. The van der Waals surface area contributed by atoms with E-state index in [4.69, 9.17) is 5.11 Å². The van der Waals surface area contributed by atoms with Crippen LogP contribution in [0.2, 0.25) is 0 Å². The minimum absolute atomic E-state index is 0.0706. The summed E-state index contributed by atoms with van der Waals surface area (Å²) in [5, 5.41) is 8.87. The Labute approximate surface area is 60.0 Å². The molecule has 3 heteroatoms. The molecule has 0 aliphatic rings. The van der Waals surface area contributed by atoms with E-state index >= 15 is 0 Å². The van der Waals surface area contributed by atoms with Gasteiger partial charge in [-0.3, -0.25) is 4.79 Å². The first kappa shape index (κ1) is 9.30. The molecule has 0 spiro atoms. The molecule has 0 saturated heterocycles. The minimum Gasteiger partial charge on any atom is -0.385 e. The first-order valence-electron chi connectivity index (χ1n) is 3.36. The summed E-state index contributed by atoms with van der Waals surface area (Å²) in [5.74, 6) is -0.241. The standard InChI is InChI=1S/C7H12O3/c1-2-3-6(9)7(10)4-5-8/h5,7,10H,2-4H2,1H3. The Morgan fingerprint density at radius 3 is 2.70 bits per heavy atom. The van der Waals surface area contributed by atoms with Crippen LogP contribution in [0.4, 0.5) is 0 Å². The highest BCUT2D eigenvalue weighted by Gasteiger charge is 2.11. The smallest absolute Gasteiger partial charge is 0.161 e. The highest BCUT2D eigenvalue weighted by Crippen LogP contribution is 1.97. The van der Waals surface area contributed by atoms with Gasteiger partial charge in [0.25, 0.3) is 0 Å². The predicted molar refractivity (Wildman–Crippen MR) is 36.6 cm³/mol. The first-order valence-corrected chi connectivity index (χ1v) is 3.36. The van der Waals surface area contributed by atoms with E-state index in [-0.39, 0.29) is 12.2 Å². The minimum atomic E-state index is -1.07. The molecule has 0 heterocycles. The summed E-state index contributed by atoms with van der Waals surface area (Å²) >= 11 is 0. The maximum atomic E-state index is 10.7. The van der Waals surface area contributed by atoms with Crippen molar-refractivity contribution in [3.05, 3.63) is 0 Å². The van der Waals surface area contributed by atoms with Gasteiger partial charge in [-0.2, -0.15) is 0 Å². The van der Waals surface area contributed by atoms with Crippen LogP contribution in [0.25, 0.3) is 0 Å². The molecule has 0 amide bonds. The van der Waals surface area contributed by atoms with Crippen molar-refractivity contribution in [2.75, 3.05) is 0 Å². The summed E-state index contributed by atoms with van der Waals surface area (Å²) in [6, 6.07) is 0. The molecule has 0 aromatic heterocycles. The topological polar surface area (TPSA) is 54.4 Å². The van der Waals surface area contributed by atoms with Crippen LogP contribution in [0.15, 0.2) is 0 Å². The van der Waals surface area contributed by atoms with E-state index in [2.05, 4.69) is 0 Å². The molecule has 10 heavy (non-hydrogen) atoms. The molecule has 0 aliphatic carbocycles. The Morgan fingerprint density at radius 1 is 1.70 bits per heavy atom. The van der Waals surface area contributed by atoms with Gasteiger partial charge < -0.3 is 9.90 Å². The lowest BCUT2D eigenvalue weighted by Gasteiger charge is -2.02. The third-order valence-electron chi connectivity index (χ3n) is 1.19. The lowest BCUT2D eigenvalue weighted by Crippen LogP contribution is -2.19. The van der Waals surface area contributed by atoms with Gasteiger partial charge >= 0.3 is 0 Å². The van der Waals surface area contributed by atoms with Gasteiger partial charge in [0, 0.05) is 12.8 Å². The number of carbonyl (C=O) groups is 2. The SMILES string of the molecule is CCCC(=O)C(O)CC=O. The van der Waals surface area contributed by atoms with Crippen molar-refractivity contribution in [1.29, 1.82) is 0 Å². The van der Waals surface area contributed by atoms with Crippen molar-refractivity contribution in [2.24, 2.45) is 0 Å². The Morgan fingerprint density at radius 2 is 2.30 bits per heavy atom. The Balaban J connectivity index is 3.58. The van der Waals surface area contributed by atoms with Gasteiger partial charge in [0.15, 0.2) is 5.78 Å². The monoisotopic (exact) mass is 144 g/mol. The second-order valence-corrected chi connectivity index (χ2v) is 2.13. The summed E-state index contributed by atoms with van der Waals surface area (Å²) < 4.78 is 0. The van der Waals surface area contributed by atoms with Crippen molar-refractivity contribution in [2.45, 2.75) is 32.3 Å². The molecule has 0 radical (unpaired) electrons. The van der Waals surface area contributed by atoms with Crippen molar-refractivity contribution in [3.8, 4) is 0 Å². The van der Waals surface area contributed by atoms with Crippen LogP contribution in [0, 0.1) is 0 Å². The van der Waals surface area contributed by atoms with Gasteiger partial charge in [0.05, 0.1) is 0 Å². The summed E-state index contributed by atoms with van der Waals surface area (Å²) in [6.45, 7) is 1.85. The Bertz CT molecular complexity index is 120. The van der Waals surface area contributed by atoms with E-state index in [1.54, 1.807) is 0 Å². The van der Waals surface area contributed by atoms with Crippen LogP contribution >= 0.6 is 0 Å². The largest absolute Gasteiger partial charge is 0.385 e. The zero-order valence-electron chi connectivity index (χ0n) is 6.04. The second kappa shape index (κ2) is 5.11. The summed E-state index contributed by atoms with van der Waals surface area (Å²) in [6.07, 6.45) is 0.485. The first-order chi connectivity index (χ1) is 4.72. The zero-order chi connectivity index (χ0) is 7.98. The Hall–Kier alpha value is -0.700. The van der Waals surface area contributed by atoms with Crippen LogP contribution in [-0.4, -0.2) is 23.3 Å². The van der Waals surface area contributed by atoms with Crippen molar-refractivity contribution >= 4 is 12.1 Å². The van der Waals surface area contributed by atoms with Crippen LogP contribution < -0.4 is 0 Å². The molecule has 0 rings (SSSR count). The maximum Gasteiger partial charge on any atom is 0.161 e. The molecule has 3 nitrogen and oxygen atoms in total. The summed E-state index contributed by atoms with van der Waals surface area (Å²) in [5.41, 5.74) is 0. The molecule has 0 aliphatic heterocycles. The van der Waals surface area contributed by atoms with E-state index in [1.165, 1.54) is 0 Å². The number of Topliss-reactive ketones (excluding diaryl/α,β-unsaturated/α-hetero) is 1. The highest BCUT2D eigenvalue weighted by atomic mass is 16.3. The van der Waals surface area contributed by atoms with Gasteiger partial charge in [-0.25, -0.2) is 0 Å². The Kier molecular flexibility index (Phi) is 4.76. The molecule has 1 N–H and O–H groups in total. The van der Waals surface area contributed by atoms with Crippen molar-refractivity contribution < 1.29 is 14.7 Å². The number of aliphatic hydroxyl groups excluding tert-OH is 1. The van der Waals surface area contributed by atoms with Gasteiger partial charge in [-0.15, -0.1) is 0 Å². The molecule has 58 valence electrons. The van der Waals surface area contributed by atoms with Gasteiger partial charge in [-0.1, -0.05) is 6.92 Å². The fraction of sp³-hybridized carbons (Fsp3) is 0.714. The van der Waals surface area contributed by atoms with Gasteiger partial charge in [0.2, 0.25) is 0 Å². The van der Waals surface area contributed by atoms with Crippen molar-refractivity contribution in [3.63, 3.8) is 0 Å². The fourth-order valence-corrected chi connectivity index (χ4v) is 0.636. The number of carbonyl (C=O) groups excluding carboxylic acids is 2. The van der Waals surface area contributed by atoms with E-state index in [0.29, 0.717) is 12.7 Å². The maximum absolute atomic E-state index is 10.7. The molecule has 1 atom stereocenters. The molecule has 0 fully saturated rings. The quantitative estimate of drug-likeness (QED) is 0.565. The number of ketones is 1. The van der Waals surface area contributed by atoms with Crippen LogP contribution in [0.1, 0.15) is 26.2 Å². The van der Waals surface area contributed by atoms with Crippen LogP contribution in [0.5, 0.6) is 0 Å². The van der Waals surface area contributed by atoms with Gasteiger partial charge in [-0.05, 0) is 6.42 Å². The molecule has 0 bridgehead atoms. The zero-order valence-corrected chi connectivity index (χ0v) is 6.04. The molecule has 0 saturated carbocycles. The van der Waals surface area contributed by atoms with Crippen molar-refractivity contribution in [1.82, 2.24) is 0 Å². The van der Waals surface area contributed by atoms with Crippen LogP contribution in [-0.2, 0) is 9.59 Å². The van der Waals surface area contributed by atoms with E-state index in [9.17, 15) is 9.59 Å². The second-order valence-electron chi connectivity index (χ2n) is 2.13. The number of hydrogen-bond donors (Lipinski definition) is 1. The molecule has 0 aromatic carbocycles. The number of hydrogen-bond acceptors (Lipinski definition) is 3. The summed E-state index contributed by atoms with van der Waals surface area (Å²) in [7, 11) is 0. The van der Waals surface area contributed by atoms with E-state index < -0.39 is 6.10 Å². The molecular formula is C7H12O3. The average Bonchev–Trinajstić information content (AvgIpc) is 1.89. The number of aldehydes is 1. The lowest BCUT2D eigenvalue weighted by molar-refractivity contribution is -0.129. The number of aliphatic hydroxyl groups is 1. The predicted octanol–water partition coefficient (Wildman–Crippen LogP) is 0.305. The highest BCUT2D eigenvalue weighted by molar-refractivity contribution is 5.84. The molecule has 0 aromatic rings. The molecule has 1 unspecified atom stereocenters. The lowest BCUT2D eigenvalue weighted by atomic mass is 10.1. The normalized spacial score (nSPS) is 12.6. The van der Waals surface area contributed by atoms with Crippen LogP contribution in [0.3, 0.4) is 0 Å². The van der Waals surface area contributed by atoms with Gasteiger partial charge in [0.1, 0.15) is 12.4 Å². The van der Waals surface area contributed by atoms with E-state index in [1.807, 2.05) is 6.92 Å². The fourth-order valence-electron chi connectivity index (χ4n) is 0.636.